The Kier molecular flexibility index (Phi) is 6.92. The minimum absolute atomic E-state index is 0.0916. The summed E-state index contributed by atoms with van der Waals surface area (Å²) in [5.74, 6) is -1.49. The van der Waals surface area contributed by atoms with E-state index >= 15 is 0 Å². The number of ether oxygens (including phenoxy) is 2. The Morgan fingerprint density at radius 3 is 2.19 bits per heavy atom. The van der Waals surface area contributed by atoms with E-state index in [0.717, 1.165) is 0 Å². The molecule has 0 saturated carbocycles. The molecule has 0 saturated heterocycles. The number of rotatable bonds is 7. The van der Waals surface area contributed by atoms with E-state index in [1.165, 1.54) is 55.5 Å². The maximum atomic E-state index is 12.1. The van der Waals surface area contributed by atoms with Crippen molar-refractivity contribution in [1.82, 2.24) is 10.2 Å². The summed E-state index contributed by atoms with van der Waals surface area (Å²) in [7, 11) is 4.18. The normalized spacial score (nSPS) is 10.1. The summed E-state index contributed by atoms with van der Waals surface area (Å²) in [6.07, 6.45) is 0. The van der Waals surface area contributed by atoms with Gasteiger partial charge in [0, 0.05) is 12.7 Å². The summed E-state index contributed by atoms with van der Waals surface area (Å²) in [6.45, 7) is 0. The third-order valence-electron chi connectivity index (χ3n) is 3.01. The van der Waals surface area contributed by atoms with Crippen molar-refractivity contribution in [2.75, 3.05) is 37.7 Å². The SMILES string of the molecule is CNc1nnc(SCC(=O)Nc2cc(C(=O)OC)cc(C(=O)OC)c2)s1. The van der Waals surface area contributed by atoms with E-state index in [-0.39, 0.29) is 28.5 Å². The van der Waals surface area contributed by atoms with Crippen LogP contribution in [0, 0.1) is 0 Å². The van der Waals surface area contributed by atoms with Crippen LogP contribution in [0.5, 0.6) is 0 Å². The third-order valence-corrected chi connectivity index (χ3v) is 5.08. The van der Waals surface area contributed by atoms with E-state index in [1.54, 1.807) is 7.05 Å². The van der Waals surface area contributed by atoms with Crippen LogP contribution in [0.3, 0.4) is 0 Å². The lowest BCUT2D eigenvalue weighted by atomic mass is 10.1. The molecule has 1 aromatic carbocycles. The van der Waals surface area contributed by atoms with Crippen LogP contribution in [0.1, 0.15) is 20.7 Å². The number of nitrogens with zero attached hydrogens (tertiary/aromatic N) is 2. The molecule has 0 unspecified atom stereocenters. The highest BCUT2D eigenvalue weighted by Gasteiger charge is 2.15. The number of esters is 2. The average molecular weight is 396 g/mol. The van der Waals surface area contributed by atoms with Gasteiger partial charge in [-0.15, -0.1) is 10.2 Å². The lowest BCUT2D eigenvalue weighted by Gasteiger charge is -2.09. The molecule has 1 aromatic heterocycles. The predicted octanol–water partition coefficient (Wildman–Crippen LogP) is 1.88. The molecule has 0 aliphatic heterocycles. The maximum absolute atomic E-state index is 12.1. The summed E-state index contributed by atoms with van der Waals surface area (Å²) in [4.78, 5) is 35.6. The fourth-order valence-electron chi connectivity index (χ4n) is 1.86. The maximum Gasteiger partial charge on any atom is 0.337 e. The van der Waals surface area contributed by atoms with Crippen molar-refractivity contribution in [3.8, 4) is 0 Å². The molecule has 11 heteroatoms. The molecule has 2 N–H and O–H groups in total. The standard InChI is InChI=1S/C15H16N4O5S2/c1-16-14-18-19-15(26-14)25-7-11(20)17-10-5-8(12(21)23-2)4-9(6-10)13(22)24-3/h4-6H,7H2,1-3H3,(H,16,18)(H,17,20). The summed E-state index contributed by atoms with van der Waals surface area (Å²) in [5.41, 5.74) is 0.536. The van der Waals surface area contributed by atoms with Crippen molar-refractivity contribution < 1.29 is 23.9 Å². The van der Waals surface area contributed by atoms with Gasteiger partial charge in [0.1, 0.15) is 0 Å². The van der Waals surface area contributed by atoms with Crippen molar-refractivity contribution >= 4 is 51.8 Å². The summed E-state index contributed by atoms with van der Waals surface area (Å²) in [6, 6.07) is 4.18. The molecule has 0 bridgehead atoms. The second kappa shape index (κ2) is 9.15. The molecule has 1 amide bonds. The van der Waals surface area contributed by atoms with Crippen molar-refractivity contribution in [2.45, 2.75) is 4.34 Å². The number of nitrogens with one attached hydrogen (secondary N) is 2. The molecule has 2 aromatic rings. The van der Waals surface area contributed by atoms with Gasteiger partial charge in [-0.05, 0) is 18.2 Å². The topological polar surface area (TPSA) is 120 Å². The van der Waals surface area contributed by atoms with E-state index in [1.807, 2.05) is 0 Å². The third kappa shape index (κ3) is 5.17. The van der Waals surface area contributed by atoms with Gasteiger partial charge < -0.3 is 20.1 Å². The smallest absolute Gasteiger partial charge is 0.337 e. The predicted molar refractivity (Wildman–Crippen MR) is 97.9 cm³/mol. The molecule has 0 aliphatic rings. The number of anilines is 2. The Labute approximate surface area is 157 Å². The number of methoxy groups -OCH3 is 2. The molecule has 138 valence electrons. The molecule has 2 rings (SSSR count). The quantitative estimate of drug-likeness (QED) is 0.534. The van der Waals surface area contributed by atoms with Crippen LogP contribution in [0.2, 0.25) is 0 Å². The van der Waals surface area contributed by atoms with Gasteiger partial charge in [-0.3, -0.25) is 4.79 Å². The number of amides is 1. The Morgan fingerprint density at radius 2 is 1.69 bits per heavy atom. The van der Waals surface area contributed by atoms with Gasteiger partial charge in [-0.1, -0.05) is 23.1 Å². The first kappa shape index (κ1) is 19.7. The van der Waals surface area contributed by atoms with E-state index in [2.05, 4.69) is 30.3 Å². The Balaban J connectivity index is 2.09. The number of aromatic nitrogens is 2. The molecular weight excluding hydrogens is 380 g/mol. The molecule has 0 aliphatic carbocycles. The second-order valence-corrected chi connectivity index (χ2v) is 6.94. The summed E-state index contributed by atoms with van der Waals surface area (Å²) >= 11 is 2.55. The van der Waals surface area contributed by atoms with Crippen molar-refractivity contribution in [2.24, 2.45) is 0 Å². The molecular formula is C15H16N4O5S2. The molecule has 0 radical (unpaired) electrons. The van der Waals surface area contributed by atoms with Crippen LogP contribution >= 0.6 is 23.1 Å². The molecule has 9 nitrogen and oxygen atoms in total. The monoisotopic (exact) mass is 396 g/mol. The van der Waals surface area contributed by atoms with E-state index in [4.69, 9.17) is 0 Å². The van der Waals surface area contributed by atoms with Gasteiger partial charge >= 0.3 is 11.9 Å². The Hall–Kier alpha value is -2.66. The molecule has 1 heterocycles. The number of benzene rings is 1. The zero-order chi connectivity index (χ0) is 19.1. The number of hydrogen-bond donors (Lipinski definition) is 2. The van der Waals surface area contributed by atoms with E-state index in [9.17, 15) is 14.4 Å². The Bertz CT molecular complexity index is 790. The number of carbonyl (C=O) groups excluding carboxylic acids is 3. The molecule has 0 atom stereocenters. The van der Waals surface area contributed by atoms with Gasteiger partial charge in [0.25, 0.3) is 0 Å². The largest absolute Gasteiger partial charge is 0.465 e. The molecule has 26 heavy (non-hydrogen) atoms. The van der Waals surface area contributed by atoms with Crippen molar-refractivity contribution in [1.29, 1.82) is 0 Å². The van der Waals surface area contributed by atoms with Crippen LogP contribution in [0.15, 0.2) is 22.5 Å². The van der Waals surface area contributed by atoms with E-state index in [0.29, 0.717) is 9.47 Å². The zero-order valence-corrected chi connectivity index (χ0v) is 15.8. The van der Waals surface area contributed by atoms with Gasteiger partial charge in [-0.25, -0.2) is 9.59 Å². The number of carbonyl (C=O) groups is 3. The molecule has 0 spiro atoms. The van der Waals surface area contributed by atoms with Gasteiger partial charge in [0.2, 0.25) is 11.0 Å². The zero-order valence-electron chi connectivity index (χ0n) is 14.2. The van der Waals surface area contributed by atoms with Crippen LogP contribution in [0.4, 0.5) is 10.8 Å². The van der Waals surface area contributed by atoms with Crippen LogP contribution in [-0.2, 0) is 14.3 Å². The Morgan fingerprint density at radius 1 is 1.08 bits per heavy atom. The van der Waals surface area contributed by atoms with Crippen LogP contribution < -0.4 is 10.6 Å². The van der Waals surface area contributed by atoms with Crippen LogP contribution in [-0.4, -0.2) is 55.1 Å². The highest BCUT2D eigenvalue weighted by Crippen LogP contribution is 2.25. The number of thioether (sulfide) groups is 1. The lowest BCUT2D eigenvalue weighted by Crippen LogP contribution is -2.16. The number of hydrogen-bond acceptors (Lipinski definition) is 10. The first-order valence-corrected chi connectivity index (χ1v) is 9.02. The minimum Gasteiger partial charge on any atom is -0.465 e. The van der Waals surface area contributed by atoms with Crippen molar-refractivity contribution in [3.05, 3.63) is 29.3 Å². The first-order chi connectivity index (χ1) is 12.5. The van der Waals surface area contributed by atoms with Crippen molar-refractivity contribution in [3.63, 3.8) is 0 Å². The fraction of sp³-hybridized carbons (Fsp3) is 0.267. The summed E-state index contributed by atoms with van der Waals surface area (Å²) in [5, 5.41) is 14.0. The fourth-order valence-corrected chi connectivity index (χ4v) is 3.37. The highest BCUT2D eigenvalue weighted by atomic mass is 32.2. The second-order valence-electron chi connectivity index (χ2n) is 4.74. The molecule has 0 fully saturated rings. The lowest BCUT2D eigenvalue weighted by molar-refractivity contribution is -0.113. The van der Waals surface area contributed by atoms with Gasteiger partial charge in [0.05, 0.1) is 31.1 Å². The van der Waals surface area contributed by atoms with E-state index < -0.39 is 11.9 Å². The van der Waals surface area contributed by atoms with Gasteiger partial charge in [-0.2, -0.15) is 0 Å². The van der Waals surface area contributed by atoms with Gasteiger partial charge in [0.15, 0.2) is 4.34 Å². The minimum atomic E-state index is -0.630. The first-order valence-electron chi connectivity index (χ1n) is 7.22. The highest BCUT2D eigenvalue weighted by molar-refractivity contribution is 8.01. The average Bonchev–Trinajstić information content (AvgIpc) is 3.12. The summed E-state index contributed by atoms with van der Waals surface area (Å²) < 4.78 is 9.95. The van der Waals surface area contributed by atoms with Crippen LogP contribution in [0.25, 0.3) is 0 Å².